The Morgan fingerprint density at radius 2 is 1.93 bits per heavy atom. The first kappa shape index (κ1) is 9.70. The highest BCUT2D eigenvalue weighted by Crippen LogP contribution is 2.40. The van der Waals surface area contributed by atoms with E-state index in [1.807, 2.05) is 12.3 Å². The Hall–Kier alpha value is -0.850. The van der Waals surface area contributed by atoms with E-state index < -0.39 is 0 Å². The third-order valence-corrected chi connectivity index (χ3v) is 3.70. The van der Waals surface area contributed by atoms with Gasteiger partial charge in [0.25, 0.3) is 0 Å². The van der Waals surface area contributed by atoms with Crippen LogP contribution in [0.1, 0.15) is 45.2 Å². The fourth-order valence-corrected chi connectivity index (χ4v) is 2.60. The molecule has 0 N–H and O–H groups in total. The molecule has 0 amide bonds. The maximum Gasteiger partial charge on any atom is 0.0462 e. The van der Waals surface area contributed by atoms with E-state index in [0.717, 1.165) is 5.92 Å². The first-order chi connectivity index (χ1) is 6.71. The van der Waals surface area contributed by atoms with Crippen LogP contribution in [0.4, 0.5) is 0 Å². The van der Waals surface area contributed by atoms with E-state index in [4.69, 9.17) is 0 Å². The summed E-state index contributed by atoms with van der Waals surface area (Å²) in [5, 5.41) is 0. The molecule has 0 saturated heterocycles. The van der Waals surface area contributed by atoms with Gasteiger partial charge >= 0.3 is 0 Å². The molecule has 1 heteroatoms. The molecule has 0 aromatic carbocycles. The van der Waals surface area contributed by atoms with Crippen LogP contribution in [0.25, 0.3) is 0 Å². The number of hydrogen-bond donors (Lipinski definition) is 0. The third-order valence-electron chi connectivity index (χ3n) is 3.70. The van der Waals surface area contributed by atoms with E-state index in [1.165, 1.54) is 31.4 Å². The van der Waals surface area contributed by atoms with Crippen molar-refractivity contribution in [1.82, 2.24) is 4.98 Å². The maximum atomic E-state index is 4.50. The van der Waals surface area contributed by atoms with Crippen molar-refractivity contribution >= 4 is 0 Å². The molecule has 1 aromatic rings. The van der Waals surface area contributed by atoms with Crippen LogP contribution in [0.3, 0.4) is 0 Å². The van der Waals surface area contributed by atoms with Gasteiger partial charge in [0.15, 0.2) is 0 Å². The number of aromatic nitrogens is 1. The van der Waals surface area contributed by atoms with Gasteiger partial charge < -0.3 is 0 Å². The second kappa shape index (κ2) is 3.72. The highest BCUT2D eigenvalue weighted by Gasteiger charge is 2.33. The molecule has 1 saturated carbocycles. The average Bonchev–Trinajstić information content (AvgIpc) is 2.72. The lowest BCUT2D eigenvalue weighted by molar-refractivity contribution is 0.317. The molecule has 1 aromatic heterocycles. The van der Waals surface area contributed by atoms with Gasteiger partial charge in [0.05, 0.1) is 0 Å². The van der Waals surface area contributed by atoms with Crippen molar-refractivity contribution in [2.75, 3.05) is 0 Å². The Bertz CT molecular complexity index is 283. The van der Waals surface area contributed by atoms with E-state index in [0.29, 0.717) is 0 Å². The van der Waals surface area contributed by atoms with Gasteiger partial charge in [0.1, 0.15) is 0 Å². The summed E-state index contributed by atoms with van der Waals surface area (Å²) in [6.07, 6.45) is 7.47. The second-order valence-corrected chi connectivity index (χ2v) is 4.92. The molecular formula is C13H19N. The van der Waals surface area contributed by atoms with Gasteiger partial charge in [-0.25, -0.2) is 0 Å². The lowest BCUT2D eigenvalue weighted by Crippen LogP contribution is -2.27. The van der Waals surface area contributed by atoms with Crippen molar-refractivity contribution in [1.29, 1.82) is 0 Å². The third kappa shape index (κ3) is 1.68. The molecule has 0 radical (unpaired) electrons. The zero-order chi connectivity index (χ0) is 10.0. The smallest absolute Gasteiger partial charge is 0.0462 e. The number of rotatable bonds is 2. The van der Waals surface area contributed by atoms with Crippen molar-refractivity contribution in [3.63, 3.8) is 0 Å². The fourth-order valence-electron chi connectivity index (χ4n) is 2.60. The van der Waals surface area contributed by atoms with Crippen molar-refractivity contribution < 1.29 is 0 Å². The van der Waals surface area contributed by atoms with E-state index in [1.54, 1.807) is 0 Å². The molecule has 1 nitrogen and oxygen atoms in total. The topological polar surface area (TPSA) is 12.9 Å². The summed E-state index contributed by atoms with van der Waals surface area (Å²) in [6.45, 7) is 4.68. The normalized spacial score (nSPS) is 18.7. The molecule has 1 fully saturated rings. The Morgan fingerprint density at radius 3 is 2.50 bits per heavy atom. The zero-order valence-electron chi connectivity index (χ0n) is 9.16. The van der Waals surface area contributed by atoms with Crippen LogP contribution in [0, 0.1) is 5.92 Å². The van der Waals surface area contributed by atoms with Crippen LogP contribution >= 0.6 is 0 Å². The maximum absolute atomic E-state index is 4.50. The summed E-state index contributed by atoms with van der Waals surface area (Å²) in [4.78, 5) is 4.50. The quantitative estimate of drug-likeness (QED) is 0.693. The summed E-state index contributed by atoms with van der Waals surface area (Å²) >= 11 is 0. The molecule has 2 rings (SSSR count). The highest BCUT2D eigenvalue weighted by atomic mass is 14.7. The van der Waals surface area contributed by atoms with E-state index >= 15 is 0 Å². The average molecular weight is 189 g/mol. The first-order valence-corrected chi connectivity index (χ1v) is 5.63. The number of nitrogens with zero attached hydrogens (tertiary/aromatic N) is 1. The van der Waals surface area contributed by atoms with Crippen LogP contribution in [-0.2, 0) is 5.41 Å². The summed E-state index contributed by atoms with van der Waals surface area (Å²) in [5.41, 5.74) is 1.52. The summed E-state index contributed by atoms with van der Waals surface area (Å²) in [7, 11) is 0. The predicted octanol–water partition coefficient (Wildman–Crippen LogP) is 3.55. The minimum Gasteiger partial charge on any atom is -0.261 e. The summed E-state index contributed by atoms with van der Waals surface area (Å²) < 4.78 is 0. The van der Waals surface area contributed by atoms with E-state index in [9.17, 15) is 0 Å². The van der Waals surface area contributed by atoms with Gasteiger partial charge in [-0.05, 0) is 30.9 Å². The van der Waals surface area contributed by atoms with Crippen LogP contribution in [0.5, 0.6) is 0 Å². The van der Waals surface area contributed by atoms with Crippen molar-refractivity contribution in [2.45, 2.75) is 44.9 Å². The summed E-state index contributed by atoms with van der Waals surface area (Å²) in [5.74, 6) is 0.831. The number of pyridine rings is 1. The molecule has 1 heterocycles. The van der Waals surface area contributed by atoms with E-state index in [2.05, 4.69) is 31.0 Å². The lowest BCUT2D eigenvalue weighted by Gasteiger charge is -2.30. The highest BCUT2D eigenvalue weighted by molar-refractivity contribution is 5.16. The Balaban J connectivity index is 2.22. The fraction of sp³-hybridized carbons (Fsp3) is 0.615. The van der Waals surface area contributed by atoms with Crippen LogP contribution in [-0.4, -0.2) is 4.98 Å². The first-order valence-electron chi connectivity index (χ1n) is 5.63. The van der Waals surface area contributed by atoms with Crippen molar-refractivity contribution in [2.24, 2.45) is 5.92 Å². The minimum absolute atomic E-state index is 0.262. The molecule has 0 atom stereocenters. The van der Waals surface area contributed by atoms with Gasteiger partial charge in [-0.1, -0.05) is 32.8 Å². The van der Waals surface area contributed by atoms with Gasteiger partial charge in [0, 0.05) is 17.3 Å². The Labute approximate surface area is 86.6 Å². The molecule has 14 heavy (non-hydrogen) atoms. The molecule has 0 bridgehead atoms. The molecule has 1 aliphatic rings. The van der Waals surface area contributed by atoms with Gasteiger partial charge in [0.2, 0.25) is 0 Å². The van der Waals surface area contributed by atoms with Gasteiger partial charge in [-0.2, -0.15) is 0 Å². The Morgan fingerprint density at radius 1 is 1.21 bits per heavy atom. The minimum atomic E-state index is 0.262. The van der Waals surface area contributed by atoms with Gasteiger partial charge in [-0.3, -0.25) is 4.98 Å². The van der Waals surface area contributed by atoms with E-state index in [-0.39, 0.29) is 5.41 Å². The van der Waals surface area contributed by atoms with Crippen LogP contribution < -0.4 is 0 Å². The molecular weight excluding hydrogens is 170 g/mol. The number of hydrogen-bond acceptors (Lipinski definition) is 1. The Kier molecular flexibility index (Phi) is 2.58. The largest absolute Gasteiger partial charge is 0.261 e. The second-order valence-electron chi connectivity index (χ2n) is 4.92. The zero-order valence-corrected chi connectivity index (χ0v) is 9.16. The van der Waals surface area contributed by atoms with Crippen LogP contribution in [0.15, 0.2) is 24.4 Å². The SMILES string of the molecule is CC(C)(c1ccccn1)C1CCCC1. The summed E-state index contributed by atoms with van der Waals surface area (Å²) in [6, 6.07) is 6.26. The molecule has 0 unspecified atom stereocenters. The van der Waals surface area contributed by atoms with Gasteiger partial charge in [-0.15, -0.1) is 0 Å². The molecule has 1 aliphatic carbocycles. The predicted molar refractivity (Wildman–Crippen MR) is 59.2 cm³/mol. The molecule has 0 aliphatic heterocycles. The monoisotopic (exact) mass is 189 g/mol. The van der Waals surface area contributed by atoms with Crippen molar-refractivity contribution in [3.05, 3.63) is 30.1 Å². The van der Waals surface area contributed by atoms with Crippen LogP contribution in [0.2, 0.25) is 0 Å². The molecule has 76 valence electrons. The molecule has 0 spiro atoms. The standard InChI is InChI=1S/C13H19N/c1-13(2,11-7-3-4-8-11)12-9-5-6-10-14-12/h5-6,9-11H,3-4,7-8H2,1-2H3. The lowest BCUT2D eigenvalue weighted by atomic mass is 9.75. The van der Waals surface area contributed by atoms with Crippen molar-refractivity contribution in [3.8, 4) is 0 Å².